The molecule has 1 aliphatic rings. The van der Waals surface area contributed by atoms with Crippen molar-refractivity contribution in [3.63, 3.8) is 0 Å². The molecule has 0 aliphatic heterocycles. The van der Waals surface area contributed by atoms with E-state index >= 15 is 0 Å². The van der Waals surface area contributed by atoms with E-state index in [2.05, 4.69) is 23.9 Å². The molecular weight excluding hydrogens is 250 g/mol. The first-order valence-corrected chi connectivity index (χ1v) is 7.11. The Labute approximate surface area is 118 Å². The highest BCUT2D eigenvalue weighted by atomic mass is 16.1. The number of Topliss-reactive ketones (excluding diaryl/α,β-unsaturated/α-hetero) is 1. The summed E-state index contributed by atoms with van der Waals surface area (Å²) in [5.41, 5.74) is 2.65. The van der Waals surface area contributed by atoms with Crippen molar-refractivity contribution in [3.8, 4) is 5.82 Å². The van der Waals surface area contributed by atoms with Crippen LogP contribution in [0.15, 0.2) is 24.4 Å². The van der Waals surface area contributed by atoms with Crippen molar-refractivity contribution in [2.24, 2.45) is 11.8 Å². The van der Waals surface area contributed by atoms with Gasteiger partial charge in [-0.25, -0.2) is 9.67 Å². The monoisotopic (exact) mass is 269 g/mol. The number of fused-ring (bicyclic) bond motifs is 1. The maximum absolute atomic E-state index is 12.4. The van der Waals surface area contributed by atoms with E-state index < -0.39 is 0 Å². The lowest BCUT2D eigenvalue weighted by Gasteiger charge is -2.25. The third kappa shape index (κ3) is 2.05. The minimum atomic E-state index is 0.227. The number of rotatable bonds is 2. The average molecular weight is 269 g/mol. The van der Waals surface area contributed by atoms with Crippen LogP contribution in [0.4, 0.5) is 0 Å². The summed E-state index contributed by atoms with van der Waals surface area (Å²) in [5.74, 6) is 1.91. The first kappa shape index (κ1) is 13.0. The molecule has 1 unspecified atom stereocenters. The number of ketones is 1. The van der Waals surface area contributed by atoms with E-state index in [4.69, 9.17) is 0 Å². The van der Waals surface area contributed by atoms with Gasteiger partial charge in [-0.2, -0.15) is 5.10 Å². The summed E-state index contributed by atoms with van der Waals surface area (Å²) >= 11 is 0. The molecule has 0 saturated heterocycles. The van der Waals surface area contributed by atoms with Gasteiger partial charge in [0.1, 0.15) is 0 Å². The number of hydrogen-bond acceptors (Lipinski definition) is 3. The molecule has 2 heterocycles. The quantitative estimate of drug-likeness (QED) is 0.842. The second-order valence-electron chi connectivity index (χ2n) is 5.84. The van der Waals surface area contributed by atoms with Crippen LogP contribution < -0.4 is 0 Å². The fourth-order valence-corrected chi connectivity index (χ4v) is 2.93. The largest absolute Gasteiger partial charge is 0.294 e. The molecule has 0 bridgehead atoms. The maximum atomic E-state index is 12.4. The molecule has 1 aliphatic carbocycles. The van der Waals surface area contributed by atoms with Crippen molar-refractivity contribution in [3.05, 3.63) is 41.3 Å². The van der Waals surface area contributed by atoms with Crippen LogP contribution in [0, 0.1) is 18.8 Å². The normalized spacial score (nSPS) is 18.4. The molecule has 0 aromatic carbocycles. The zero-order chi connectivity index (χ0) is 14.3. The van der Waals surface area contributed by atoms with Gasteiger partial charge in [0.15, 0.2) is 11.6 Å². The molecule has 2 aromatic rings. The molecule has 1 atom stereocenters. The van der Waals surface area contributed by atoms with Crippen LogP contribution >= 0.6 is 0 Å². The van der Waals surface area contributed by atoms with Crippen LogP contribution in [0.5, 0.6) is 0 Å². The summed E-state index contributed by atoms with van der Waals surface area (Å²) in [6.45, 7) is 6.26. The summed E-state index contributed by atoms with van der Waals surface area (Å²) in [7, 11) is 0. The number of hydrogen-bond donors (Lipinski definition) is 0. The number of aryl methyl sites for hydroxylation is 1. The van der Waals surface area contributed by atoms with Crippen LogP contribution in [0.3, 0.4) is 0 Å². The van der Waals surface area contributed by atoms with Gasteiger partial charge in [-0.15, -0.1) is 0 Å². The minimum Gasteiger partial charge on any atom is -0.294 e. The van der Waals surface area contributed by atoms with Crippen LogP contribution in [0.1, 0.15) is 42.0 Å². The summed E-state index contributed by atoms with van der Waals surface area (Å²) in [4.78, 5) is 16.7. The van der Waals surface area contributed by atoms with Crippen molar-refractivity contribution in [2.75, 3.05) is 0 Å². The molecule has 4 heteroatoms. The molecule has 3 rings (SSSR count). The van der Waals surface area contributed by atoms with Crippen molar-refractivity contribution in [1.29, 1.82) is 0 Å². The predicted octanol–water partition coefficient (Wildman–Crippen LogP) is 2.98. The Kier molecular flexibility index (Phi) is 3.16. The number of aromatic nitrogens is 3. The lowest BCUT2D eigenvalue weighted by atomic mass is 9.79. The van der Waals surface area contributed by atoms with E-state index in [0.29, 0.717) is 18.3 Å². The molecule has 20 heavy (non-hydrogen) atoms. The number of carbonyl (C=O) groups is 1. The first-order valence-electron chi connectivity index (χ1n) is 7.11. The first-order chi connectivity index (χ1) is 9.58. The lowest BCUT2D eigenvalue weighted by Crippen LogP contribution is -2.25. The van der Waals surface area contributed by atoms with Gasteiger partial charge in [0.2, 0.25) is 0 Å². The van der Waals surface area contributed by atoms with E-state index in [-0.39, 0.29) is 5.78 Å². The summed E-state index contributed by atoms with van der Waals surface area (Å²) in [6, 6.07) is 5.75. The molecule has 0 spiro atoms. The van der Waals surface area contributed by atoms with Crippen LogP contribution in [-0.4, -0.2) is 20.5 Å². The van der Waals surface area contributed by atoms with Crippen molar-refractivity contribution >= 4 is 5.78 Å². The van der Waals surface area contributed by atoms with Crippen molar-refractivity contribution < 1.29 is 4.79 Å². The molecule has 0 amide bonds. The second-order valence-corrected chi connectivity index (χ2v) is 5.84. The SMILES string of the molecule is Cc1nn(-c2ccccn2)c2c1C(=O)CC(C(C)C)C2. The molecule has 4 nitrogen and oxygen atoms in total. The highest BCUT2D eigenvalue weighted by Crippen LogP contribution is 2.32. The second kappa shape index (κ2) is 4.85. The topological polar surface area (TPSA) is 47.8 Å². The molecule has 2 aromatic heterocycles. The molecule has 104 valence electrons. The van der Waals surface area contributed by atoms with Crippen molar-refractivity contribution in [1.82, 2.24) is 14.8 Å². The summed E-state index contributed by atoms with van der Waals surface area (Å²) in [5, 5.41) is 4.54. The van der Waals surface area contributed by atoms with Gasteiger partial charge in [0, 0.05) is 12.6 Å². The van der Waals surface area contributed by atoms with Crippen molar-refractivity contribution in [2.45, 2.75) is 33.6 Å². The Balaban J connectivity index is 2.12. The molecule has 0 fully saturated rings. The van der Waals surface area contributed by atoms with Gasteiger partial charge >= 0.3 is 0 Å². The van der Waals surface area contributed by atoms with Gasteiger partial charge < -0.3 is 0 Å². The van der Waals surface area contributed by atoms with Gasteiger partial charge in [0.05, 0.1) is 17.0 Å². The Morgan fingerprint density at radius 1 is 1.30 bits per heavy atom. The zero-order valence-electron chi connectivity index (χ0n) is 12.1. The van der Waals surface area contributed by atoms with Gasteiger partial charge in [0.25, 0.3) is 0 Å². The van der Waals surface area contributed by atoms with E-state index in [1.54, 1.807) is 6.20 Å². The predicted molar refractivity (Wildman–Crippen MR) is 77.1 cm³/mol. The Morgan fingerprint density at radius 3 is 2.75 bits per heavy atom. The molecule has 0 radical (unpaired) electrons. The number of pyridine rings is 1. The smallest absolute Gasteiger partial charge is 0.166 e. The van der Waals surface area contributed by atoms with E-state index in [1.807, 2.05) is 29.8 Å². The Hall–Kier alpha value is -1.97. The van der Waals surface area contributed by atoms with Gasteiger partial charge in [-0.05, 0) is 37.3 Å². The van der Waals surface area contributed by atoms with E-state index in [1.165, 1.54) is 0 Å². The Bertz CT molecular complexity index is 643. The molecule has 0 N–H and O–H groups in total. The highest BCUT2D eigenvalue weighted by molar-refractivity contribution is 5.99. The summed E-state index contributed by atoms with van der Waals surface area (Å²) in [6.07, 6.45) is 3.29. The molecule has 0 saturated carbocycles. The summed E-state index contributed by atoms with van der Waals surface area (Å²) < 4.78 is 1.84. The van der Waals surface area contributed by atoms with Gasteiger partial charge in [-0.1, -0.05) is 19.9 Å². The average Bonchev–Trinajstić information content (AvgIpc) is 2.77. The lowest BCUT2D eigenvalue weighted by molar-refractivity contribution is 0.0931. The number of carbonyl (C=O) groups excluding carboxylic acids is 1. The third-order valence-electron chi connectivity index (χ3n) is 4.15. The van der Waals surface area contributed by atoms with Gasteiger partial charge in [-0.3, -0.25) is 4.79 Å². The fourth-order valence-electron chi connectivity index (χ4n) is 2.93. The standard InChI is InChI=1S/C16H19N3O/c1-10(2)12-8-13-16(14(20)9-12)11(3)18-19(13)15-6-4-5-7-17-15/h4-7,10,12H,8-9H2,1-3H3. The van der Waals surface area contributed by atoms with E-state index in [9.17, 15) is 4.79 Å². The van der Waals surface area contributed by atoms with Crippen LogP contribution in [0.25, 0.3) is 5.82 Å². The fraction of sp³-hybridized carbons (Fsp3) is 0.438. The van der Waals surface area contributed by atoms with E-state index in [0.717, 1.165) is 29.2 Å². The minimum absolute atomic E-state index is 0.227. The highest BCUT2D eigenvalue weighted by Gasteiger charge is 2.32. The Morgan fingerprint density at radius 2 is 2.10 bits per heavy atom. The zero-order valence-corrected chi connectivity index (χ0v) is 12.1. The third-order valence-corrected chi connectivity index (χ3v) is 4.15. The van der Waals surface area contributed by atoms with Crippen LogP contribution in [0.2, 0.25) is 0 Å². The molecular formula is C16H19N3O. The van der Waals surface area contributed by atoms with Crippen LogP contribution in [-0.2, 0) is 6.42 Å². The number of nitrogens with zero attached hydrogens (tertiary/aromatic N) is 3. The maximum Gasteiger partial charge on any atom is 0.166 e.